The van der Waals surface area contributed by atoms with E-state index in [9.17, 15) is 28.5 Å². The van der Waals surface area contributed by atoms with Gasteiger partial charge in [-0.3, -0.25) is 4.52 Å². The molecule has 7 N–H and O–H groups in total. The highest BCUT2D eigenvalue weighted by Crippen LogP contribution is 2.66. The summed E-state index contributed by atoms with van der Waals surface area (Å²) >= 11 is 0. The first-order chi connectivity index (χ1) is 14.4. The van der Waals surface area contributed by atoms with Gasteiger partial charge in [-0.1, -0.05) is 5.92 Å². The molecule has 0 aromatic carbocycles. The van der Waals surface area contributed by atoms with E-state index < -0.39 is 59.4 Å². The third-order valence-electron chi connectivity index (χ3n) is 3.74. The van der Waals surface area contributed by atoms with Gasteiger partial charge in [-0.05, 0) is 6.92 Å². The van der Waals surface area contributed by atoms with Crippen LogP contribution in [-0.4, -0.2) is 63.4 Å². The SMILES string of the molecule is C#CC1(F)[C@@H](O)[C@@H]([C@@H](C)OP(=O)(O)OP(=O)(O)OP(=O)(O)O)O[C@H]1n1ncc(N)nc1=O. The molecule has 17 nitrogen and oxygen atoms in total. The van der Waals surface area contributed by atoms with Crippen LogP contribution in [0.4, 0.5) is 10.2 Å². The van der Waals surface area contributed by atoms with Gasteiger partial charge in [0, 0.05) is 0 Å². The van der Waals surface area contributed by atoms with Crippen molar-refractivity contribution in [2.45, 2.75) is 37.1 Å². The Morgan fingerprint density at radius 3 is 2.41 bits per heavy atom. The van der Waals surface area contributed by atoms with Gasteiger partial charge in [-0.2, -0.15) is 23.4 Å². The fourth-order valence-corrected chi connectivity index (χ4v) is 5.76. The molecule has 2 heterocycles. The Kier molecular flexibility index (Phi) is 7.50. The fraction of sp³-hybridized carbons (Fsp3) is 0.545. The molecule has 1 saturated heterocycles. The third-order valence-corrected chi connectivity index (χ3v) is 7.67. The summed E-state index contributed by atoms with van der Waals surface area (Å²) in [5.41, 5.74) is 0.913. The lowest BCUT2D eigenvalue weighted by molar-refractivity contribution is -0.0827. The van der Waals surface area contributed by atoms with E-state index in [0.717, 1.165) is 13.1 Å². The molecule has 1 aromatic heterocycles. The summed E-state index contributed by atoms with van der Waals surface area (Å²) < 4.78 is 66.3. The maximum absolute atomic E-state index is 15.3. The van der Waals surface area contributed by atoms with Gasteiger partial charge in [0.05, 0.1) is 12.3 Å². The Balaban J connectivity index is 2.27. The number of anilines is 1. The lowest BCUT2D eigenvalue weighted by Crippen LogP contribution is -2.46. The van der Waals surface area contributed by atoms with Crippen LogP contribution in [0.1, 0.15) is 13.2 Å². The number of hydrogen-bond acceptors (Lipinski definition) is 12. The lowest BCUT2D eigenvalue weighted by atomic mass is 9.95. The number of phosphoric ester groups is 1. The Labute approximate surface area is 177 Å². The van der Waals surface area contributed by atoms with Crippen LogP contribution in [0.3, 0.4) is 0 Å². The predicted octanol–water partition coefficient (Wildman–Crippen LogP) is -1.45. The largest absolute Gasteiger partial charge is 0.490 e. The summed E-state index contributed by atoms with van der Waals surface area (Å²) in [6.07, 6.45) is -2.22. The molecule has 1 aliphatic heterocycles. The molecule has 180 valence electrons. The van der Waals surface area contributed by atoms with Crippen LogP contribution in [0.25, 0.3) is 0 Å². The van der Waals surface area contributed by atoms with Crippen LogP contribution in [0.5, 0.6) is 0 Å². The third kappa shape index (κ3) is 6.06. The zero-order valence-electron chi connectivity index (χ0n) is 15.6. The summed E-state index contributed by atoms with van der Waals surface area (Å²) in [4.78, 5) is 51.0. The van der Waals surface area contributed by atoms with Crippen LogP contribution in [-0.2, 0) is 31.6 Å². The second-order valence-electron chi connectivity index (χ2n) is 6.12. The highest BCUT2D eigenvalue weighted by Gasteiger charge is 2.60. The van der Waals surface area contributed by atoms with Gasteiger partial charge in [-0.15, -0.1) is 6.42 Å². The van der Waals surface area contributed by atoms with Gasteiger partial charge >= 0.3 is 29.2 Å². The number of halogens is 1. The number of nitrogen functional groups attached to an aromatic ring is 1. The molecule has 0 aliphatic carbocycles. The number of phosphoric acid groups is 3. The number of hydrogen-bond donors (Lipinski definition) is 6. The van der Waals surface area contributed by atoms with Gasteiger partial charge in [0.2, 0.25) is 11.9 Å². The van der Waals surface area contributed by atoms with E-state index in [-0.39, 0.29) is 5.82 Å². The maximum Gasteiger partial charge on any atom is 0.490 e. The quantitative estimate of drug-likeness (QED) is 0.168. The molecule has 0 saturated carbocycles. The summed E-state index contributed by atoms with van der Waals surface area (Å²) in [7, 11) is -17.1. The van der Waals surface area contributed by atoms with Gasteiger partial charge in [0.15, 0.2) is 0 Å². The zero-order valence-corrected chi connectivity index (χ0v) is 18.3. The van der Waals surface area contributed by atoms with Crippen molar-refractivity contribution in [3.05, 3.63) is 16.7 Å². The molecule has 0 bridgehead atoms. The summed E-state index contributed by atoms with van der Waals surface area (Å²) in [5.74, 6) is 1.26. The molecule has 7 atom stereocenters. The van der Waals surface area contributed by atoms with Crippen molar-refractivity contribution < 1.29 is 60.6 Å². The minimum absolute atomic E-state index is 0.303. The maximum atomic E-state index is 15.3. The molecule has 1 fully saturated rings. The first kappa shape index (κ1) is 26.7. The number of rotatable bonds is 8. The van der Waals surface area contributed by atoms with Crippen LogP contribution >= 0.6 is 23.5 Å². The predicted molar refractivity (Wildman–Crippen MR) is 97.7 cm³/mol. The number of ether oxygens (including phenoxy) is 1. The fourth-order valence-electron chi connectivity index (χ4n) is 2.56. The molecule has 0 radical (unpaired) electrons. The number of nitrogens with zero attached hydrogens (tertiary/aromatic N) is 3. The number of terminal acetylenes is 1. The number of alkyl halides is 1. The van der Waals surface area contributed by atoms with Gasteiger partial charge in [0.1, 0.15) is 18.0 Å². The standard InChI is InChI=1S/C11H16FN4O13P3/c1-3-11(12)8(17)7(26-9(11)16-10(18)15-6(13)4-14-16)5(2)27-31(22,23)29-32(24,25)28-30(19,20)21/h1,4-5,7-9,17H,2H3,(H,22,23)(H,24,25)(H2,13,15,18)(H2,19,20,21)/t5-,7-,8+,9-,11?/m1/s1. The monoisotopic (exact) mass is 524 g/mol. The Bertz CT molecular complexity index is 1120. The molecular formula is C11H16FN4O13P3. The van der Waals surface area contributed by atoms with Crippen LogP contribution in [0, 0.1) is 12.3 Å². The van der Waals surface area contributed by atoms with E-state index in [2.05, 4.69) is 23.2 Å². The highest BCUT2D eigenvalue weighted by molar-refractivity contribution is 7.66. The first-order valence-corrected chi connectivity index (χ1v) is 12.5. The Hall–Kier alpha value is -1.57. The van der Waals surface area contributed by atoms with Crippen molar-refractivity contribution in [1.29, 1.82) is 0 Å². The van der Waals surface area contributed by atoms with Gasteiger partial charge in [0.25, 0.3) is 0 Å². The summed E-state index contributed by atoms with van der Waals surface area (Å²) in [6, 6.07) is 0. The van der Waals surface area contributed by atoms with E-state index in [1.54, 1.807) is 5.92 Å². The smallest absolute Gasteiger partial charge is 0.386 e. The van der Waals surface area contributed by atoms with Gasteiger partial charge < -0.3 is 35.2 Å². The van der Waals surface area contributed by atoms with E-state index in [4.69, 9.17) is 31.6 Å². The Morgan fingerprint density at radius 2 is 1.91 bits per heavy atom. The van der Waals surface area contributed by atoms with Crippen molar-refractivity contribution in [1.82, 2.24) is 14.8 Å². The van der Waals surface area contributed by atoms with Crippen LogP contribution < -0.4 is 11.4 Å². The van der Waals surface area contributed by atoms with Gasteiger partial charge in [-0.25, -0.2) is 22.9 Å². The van der Waals surface area contributed by atoms with Crippen molar-refractivity contribution in [2.24, 2.45) is 0 Å². The molecule has 21 heteroatoms. The second-order valence-corrected chi connectivity index (χ2v) is 10.5. The average molecular weight is 524 g/mol. The van der Waals surface area contributed by atoms with Crippen molar-refractivity contribution >= 4 is 29.3 Å². The highest BCUT2D eigenvalue weighted by atomic mass is 31.3. The first-order valence-electron chi connectivity index (χ1n) is 7.94. The number of aromatic nitrogens is 3. The summed E-state index contributed by atoms with van der Waals surface area (Å²) in [5, 5.41) is 13.8. The minimum Gasteiger partial charge on any atom is -0.386 e. The van der Waals surface area contributed by atoms with Crippen molar-refractivity contribution in [2.75, 3.05) is 5.73 Å². The van der Waals surface area contributed by atoms with E-state index in [1.807, 2.05) is 0 Å². The molecule has 0 amide bonds. The minimum atomic E-state index is -5.83. The topological polar surface area (TPSA) is 263 Å². The normalized spacial score (nSPS) is 30.8. The zero-order chi connectivity index (χ0) is 24.7. The number of aliphatic hydroxyl groups is 1. The van der Waals surface area contributed by atoms with Crippen molar-refractivity contribution in [3.8, 4) is 12.3 Å². The molecule has 1 aromatic rings. The molecule has 1 aliphatic rings. The molecular weight excluding hydrogens is 508 g/mol. The average Bonchev–Trinajstić information content (AvgIpc) is 2.84. The Morgan fingerprint density at radius 1 is 1.31 bits per heavy atom. The van der Waals surface area contributed by atoms with Crippen LogP contribution in [0.2, 0.25) is 0 Å². The second kappa shape index (κ2) is 8.99. The molecule has 3 unspecified atom stereocenters. The molecule has 32 heavy (non-hydrogen) atoms. The molecule has 0 spiro atoms. The van der Waals surface area contributed by atoms with Crippen LogP contribution in [0.15, 0.2) is 11.0 Å². The lowest BCUT2D eigenvalue weighted by Gasteiger charge is -2.25. The van der Waals surface area contributed by atoms with E-state index >= 15 is 4.39 Å². The number of nitrogens with two attached hydrogens (primary N) is 1. The van der Waals surface area contributed by atoms with E-state index in [1.165, 1.54) is 0 Å². The number of aliphatic hydroxyl groups excluding tert-OH is 1. The van der Waals surface area contributed by atoms with E-state index in [0.29, 0.717) is 4.68 Å². The van der Waals surface area contributed by atoms with Crippen molar-refractivity contribution in [3.63, 3.8) is 0 Å². The summed E-state index contributed by atoms with van der Waals surface area (Å²) in [6.45, 7) is 0.906. The molecule has 2 rings (SSSR count).